The molecule has 1 fully saturated rings. The lowest BCUT2D eigenvalue weighted by Gasteiger charge is -2.31. The van der Waals surface area contributed by atoms with Crippen LogP contribution in [0.1, 0.15) is 18.0 Å². The summed E-state index contributed by atoms with van der Waals surface area (Å²) in [5.74, 6) is 1.61. The van der Waals surface area contributed by atoms with Crippen LogP contribution in [0.3, 0.4) is 0 Å². The van der Waals surface area contributed by atoms with Gasteiger partial charge in [0.15, 0.2) is 11.5 Å². The number of hydrogen-bond acceptors (Lipinski definition) is 5. The number of fused-ring (bicyclic) bond motifs is 1. The third-order valence-corrected chi connectivity index (χ3v) is 4.53. The molecule has 0 bridgehead atoms. The molecule has 0 saturated carbocycles. The number of nitrogens with one attached hydrogen (secondary N) is 1. The molecule has 0 amide bonds. The summed E-state index contributed by atoms with van der Waals surface area (Å²) in [6.07, 6.45) is 1.02. The molecule has 2 unspecified atom stereocenters. The van der Waals surface area contributed by atoms with Crippen molar-refractivity contribution in [3.63, 3.8) is 0 Å². The molecular weight excluding hydrogens is 290 g/mol. The van der Waals surface area contributed by atoms with Gasteiger partial charge in [0.05, 0.1) is 25.3 Å². The van der Waals surface area contributed by atoms with Gasteiger partial charge in [-0.3, -0.25) is 0 Å². The summed E-state index contributed by atoms with van der Waals surface area (Å²) in [4.78, 5) is 2.34. The van der Waals surface area contributed by atoms with E-state index in [4.69, 9.17) is 21.1 Å². The molecule has 2 heterocycles. The number of likely N-dealkylation sites (tertiary alicyclic amines) is 1. The first-order valence-corrected chi connectivity index (χ1v) is 7.43. The van der Waals surface area contributed by atoms with Crippen LogP contribution >= 0.6 is 11.6 Å². The Hall–Kier alpha value is -1.46. The van der Waals surface area contributed by atoms with Crippen molar-refractivity contribution >= 4 is 17.3 Å². The SMILES string of the molecule is COc1cc(C2NN=C3CCN(C)CC32)cc(Cl)c1OC. The molecule has 0 aromatic heterocycles. The van der Waals surface area contributed by atoms with Crippen molar-refractivity contribution < 1.29 is 9.47 Å². The van der Waals surface area contributed by atoms with Gasteiger partial charge in [0.2, 0.25) is 0 Å². The van der Waals surface area contributed by atoms with Crippen LogP contribution in [0, 0.1) is 5.92 Å². The molecule has 2 aliphatic heterocycles. The molecule has 0 radical (unpaired) electrons. The van der Waals surface area contributed by atoms with Gasteiger partial charge >= 0.3 is 0 Å². The number of hydrazone groups is 1. The van der Waals surface area contributed by atoms with Crippen LogP contribution in [0.5, 0.6) is 11.5 Å². The molecular formula is C15H20ClN3O2. The van der Waals surface area contributed by atoms with E-state index in [2.05, 4.69) is 22.5 Å². The van der Waals surface area contributed by atoms with Crippen LogP contribution in [-0.2, 0) is 0 Å². The zero-order valence-electron chi connectivity index (χ0n) is 12.5. The molecule has 1 N–H and O–H groups in total. The fraction of sp³-hybridized carbons (Fsp3) is 0.533. The van der Waals surface area contributed by atoms with Gasteiger partial charge in [0.1, 0.15) is 0 Å². The van der Waals surface area contributed by atoms with E-state index in [1.807, 2.05) is 12.1 Å². The second kappa shape index (κ2) is 5.73. The Morgan fingerprint density at radius 3 is 2.86 bits per heavy atom. The number of hydrogen-bond donors (Lipinski definition) is 1. The van der Waals surface area contributed by atoms with E-state index in [0.717, 1.165) is 25.1 Å². The third kappa shape index (κ3) is 2.56. The highest BCUT2D eigenvalue weighted by atomic mass is 35.5. The molecule has 1 aromatic rings. The van der Waals surface area contributed by atoms with Gasteiger partial charge in [0.25, 0.3) is 0 Å². The predicted molar refractivity (Wildman–Crippen MR) is 83.5 cm³/mol. The first-order valence-electron chi connectivity index (χ1n) is 7.06. The number of nitrogens with zero attached hydrogens (tertiary/aromatic N) is 2. The highest BCUT2D eigenvalue weighted by Gasteiger charge is 2.36. The molecule has 1 saturated heterocycles. The van der Waals surface area contributed by atoms with Gasteiger partial charge < -0.3 is 19.8 Å². The maximum atomic E-state index is 6.32. The Bertz CT molecular complexity index is 576. The van der Waals surface area contributed by atoms with Crippen molar-refractivity contribution in [3.8, 4) is 11.5 Å². The molecule has 3 rings (SSSR count). The smallest absolute Gasteiger partial charge is 0.179 e. The standard InChI is InChI=1S/C15H20ClN3O2/c1-19-5-4-12-10(8-19)14(18-17-12)9-6-11(16)15(21-3)13(7-9)20-2/h6-7,10,14,18H,4-5,8H2,1-3H3. The molecule has 0 spiro atoms. The van der Waals surface area contributed by atoms with E-state index >= 15 is 0 Å². The van der Waals surface area contributed by atoms with Crippen molar-refractivity contribution in [2.75, 3.05) is 34.4 Å². The number of rotatable bonds is 3. The maximum absolute atomic E-state index is 6.32. The van der Waals surface area contributed by atoms with E-state index in [1.54, 1.807) is 14.2 Å². The van der Waals surface area contributed by atoms with Crippen LogP contribution < -0.4 is 14.9 Å². The second-order valence-corrected chi connectivity index (χ2v) is 5.97. The van der Waals surface area contributed by atoms with Gasteiger partial charge in [-0.2, -0.15) is 5.10 Å². The summed E-state index contributed by atoms with van der Waals surface area (Å²) in [6, 6.07) is 4.06. The zero-order valence-corrected chi connectivity index (χ0v) is 13.3. The number of methoxy groups -OCH3 is 2. The van der Waals surface area contributed by atoms with Crippen LogP contribution in [0.25, 0.3) is 0 Å². The van der Waals surface area contributed by atoms with Gasteiger partial charge in [-0.15, -0.1) is 0 Å². The Kier molecular flexibility index (Phi) is 3.95. The zero-order chi connectivity index (χ0) is 15.0. The molecule has 114 valence electrons. The lowest BCUT2D eigenvalue weighted by atomic mass is 9.86. The minimum Gasteiger partial charge on any atom is -0.493 e. The third-order valence-electron chi connectivity index (χ3n) is 4.25. The maximum Gasteiger partial charge on any atom is 0.179 e. The average Bonchev–Trinajstić information content (AvgIpc) is 2.89. The van der Waals surface area contributed by atoms with Gasteiger partial charge in [-0.1, -0.05) is 11.6 Å². The quantitative estimate of drug-likeness (QED) is 0.931. The molecule has 1 aromatic carbocycles. The van der Waals surface area contributed by atoms with E-state index in [0.29, 0.717) is 22.4 Å². The Balaban J connectivity index is 1.92. The minimum absolute atomic E-state index is 0.139. The monoisotopic (exact) mass is 309 g/mol. The lowest BCUT2D eigenvalue weighted by Crippen LogP contribution is -2.39. The molecule has 2 aliphatic rings. The van der Waals surface area contributed by atoms with Crippen molar-refractivity contribution in [1.29, 1.82) is 0 Å². The highest BCUT2D eigenvalue weighted by Crippen LogP contribution is 2.40. The van der Waals surface area contributed by atoms with E-state index in [-0.39, 0.29) is 6.04 Å². The van der Waals surface area contributed by atoms with Gasteiger partial charge in [-0.25, -0.2) is 0 Å². The summed E-state index contributed by atoms with van der Waals surface area (Å²) >= 11 is 6.32. The number of halogens is 1. The van der Waals surface area contributed by atoms with Gasteiger partial charge in [-0.05, 0) is 24.7 Å². The minimum atomic E-state index is 0.139. The number of benzene rings is 1. The molecule has 6 heteroatoms. The van der Waals surface area contributed by atoms with Crippen LogP contribution in [0.2, 0.25) is 5.02 Å². The predicted octanol–water partition coefficient (Wildman–Crippen LogP) is 2.31. The summed E-state index contributed by atoms with van der Waals surface area (Å²) in [7, 11) is 5.36. The summed E-state index contributed by atoms with van der Waals surface area (Å²) in [5, 5.41) is 5.06. The first kappa shape index (κ1) is 14.5. The number of piperidine rings is 1. The Morgan fingerprint density at radius 2 is 2.14 bits per heavy atom. The van der Waals surface area contributed by atoms with E-state index in [9.17, 15) is 0 Å². The molecule has 21 heavy (non-hydrogen) atoms. The fourth-order valence-corrected chi connectivity index (χ4v) is 3.42. The van der Waals surface area contributed by atoms with Crippen molar-refractivity contribution in [2.24, 2.45) is 11.0 Å². The highest BCUT2D eigenvalue weighted by molar-refractivity contribution is 6.32. The summed E-state index contributed by atoms with van der Waals surface area (Å²) in [5.41, 5.74) is 5.59. The fourth-order valence-electron chi connectivity index (χ4n) is 3.13. The van der Waals surface area contributed by atoms with E-state index in [1.165, 1.54) is 5.71 Å². The topological polar surface area (TPSA) is 46.1 Å². The van der Waals surface area contributed by atoms with Crippen molar-refractivity contribution in [3.05, 3.63) is 22.7 Å². The second-order valence-electron chi connectivity index (χ2n) is 5.57. The van der Waals surface area contributed by atoms with Crippen molar-refractivity contribution in [1.82, 2.24) is 10.3 Å². The van der Waals surface area contributed by atoms with Crippen LogP contribution in [0.4, 0.5) is 0 Å². The van der Waals surface area contributed by atoms with Gasteiger partial charge in [0, 0.05) is 31.1 Å². The number of ether oxygens (including phenoxy) is 2. The normalized spacial score (nSPS) is 25.0. The largest absolute Gasteiger partial charge is 0.493 e. The summed E-state index contributed by atoms with van der Waals surface area (Å²) in [6.45, 7) is 2.07. The van der Waals surface area contributed by atoms with Crippen molar-refractivity contribution in [2.45, 2.75) is 12.5 Å². The molecule has 2 atom stereocenters. The lowest BCUT2D eigenvalue weighted by molar-refractivity contribution is 0.272. The first-order chi connectivity index (χ1) is 10.1. The van der Waals surface area contributed by atoms with Crippen LogP contribution in [0.15, 0.2) is 17.2 Å². The average molecular weight is 310 g/mol. The Morgan fingerprint density at radius 1 is 1.33 bits per heavy atom. The summed E-state index contributed by atoms with van der Waals surface area (Å²) < 4.78 is 10.7. The molecule has 0 aliphatic carbocycles. The molecule has 5 nitrogen and oxygen atoms in total. The van der Waals surface area contributed by atoms with E-state index < -0.39 is 0 Å². The Labute approximate surface area is 129 Å². The van der Waals surface area contributed by atoms with Crippen LogP contribution in [-0.4, -0.2) is 45.0 Å².